The van der Waals surface area contributed by atoms with Gasteiger partial charge in [-0.05, 0) is 36.8 Å². The first-order chi connectivity index (χ1) is 8.21. The summed E-state index contributed by atoms with van der Waals surface area (Å²) < 4.78 is 37.2. The lowest BCUT2D eigenvalue weighted by molar-refractivity contribution is -0.137. The molecule has 98 valence electrons. The van der Waals surface area contributed by atoms with Gasteiger partial charge < -0.3 is 4.90 Å². The molecule has 0 spiro atoms. The molecule has 1 rings (SSSR count). The summed E-state index contributed by atoms with van der Waals surface area (Å²) in [5.41, 5.74) is 1.80. The zero-order chi connectivity index (χ0) is 13.9. The van der Waals surface area contributed by atoms with Crippen LogP contribution in [-0.4, -0.2) is 13.6 Å². The van der Waals surface area contributed by atoms with E-state index in [2.05, 4.69) is 13.2 Å². The maximum Gasteiger partial charge on any atom is 0.416 e. The van der Waals surface area contributed by atoms with Crippen molar-refractivity contribution in [3.8, 4) is 0 Å². The summed E-state index contributed by atoms with van der Waals surface area (Å²) in [5, 5.41) is 0. The number of hydrogen-bond acceptors (Lipinski definition) is 1. The largest absolute Gasteiger partial charge is 0.416 e. The molecular formula is C14H16F3N. The maximum atomic E-state index is 12.4. The number of likely N-dealkylation sites (N-methyl/N-ethyl adjacent to an activating group) is 1. The molecule has 0 aliphatic rings. The zero-order valence-electron chi connectivity index (χ0n) is 10.5. The van der Waals surface area contributed by atoms with Gasteiger partial charge in [0.1, 0.15) is 0 Å². The van der Waals surface area contributed by atoms with Crippen LogP contribution in [0.5, 0.6) is 0 Å². The van der Waals surface area contributed by atoms with Gasteiger partial charge in [-0.15, -0.1) is 0 Å². The van der Waals surface area contributed by atoms with E-state index < -0.39 is 11.7 Å². The van der Waals surface area contributed by atoms with Crippen molar-refractivity contribution in [2.75, 3.05) is 18.5 Å². The Kier molecular flexibility index (Phi) is 4.22. The van der Waals surface area contributed by atoms with Crippen molar-refractivity contribution in [3.05, 3.63) is 54.1 Å². The van der Waals surface area contributed by atoms with Gasteiger partial charge in [0.05, 0.1) is 5.56 Å². The molecule has 0 bridgehead atoms. The zero-order valence-corrected chi connectivity index (χ0v) is 10.5. The van der Waals surface area contributed by atoms with E-state index in [1.807, 2.05) is 11.8 Å². The minimum Gasteiger partial charge on any atom is -0.370 e. The first-order valence-corrected chi connectivity index (χ1v) is 5.44. The van der Waals surface area contributed by atoms with Gasteiger partial charge in [-0.3, -0.25) is 0 Å². The molecule has 0 aliphatic carbocycles. The summed E-state index contributed by atoms with van der Waals surface area (Å²) in [6.45, 7) is 10.0. The minimum absolute atomic E-state index is 0.542. The highest BCUT2D eigenvalue weighted by Gasteiger charge is 2.30. The van der Waals surface area contributed by atoms with Crippen LogP contribution in [0.4, 0.5) is 18.9 Å². The molecule has 0 N–H and O–H groups in total. The summed E-state index contributed by atoms with van der Waals surface area (Å²) in [5.74, 6) is 0. The predicted octanol–water partition coefficient (Wildman–Crippen LogP) is 4.27. The lowest BCUT2D eigenvalue weighted by Crippen LogP contribution is -2.20. The second kappa shape index (κ2) is 5.29. The Labute approximate surface area is 105 Å². The van der Waals surface area contributed by atoms with Crippen LogP contribution < -0.4 is 4.90 Å². The topological polar surface area (TPSA) is 3.24 Å². The Bertz CT molecular complexity index is 443. The summed E-state index contributed by atoms with van der Waals surface area (Å²) in [6, 6.07) is 5.06. The van der Waals surface area contributed by atoms with Crippen molar-refractivity contribution >= 4 is 5.69 Å². The molecule has 0 amide bonds. The highest BCUT2D eigenvalue weighted by Crippen LogP contribution is 2.30. The van der Waals surface area contributed by atoms with Crippen LogP contribution >= 0.6 is 0 Å². The van der Waals surface area contributed by atoms with E-state index in [4.69, 9.17) is 0 Å². The van der Waals surface area contributed by atoms with Gasteiger partial charge in [0.2, 0.25) is 0 Å². The molecule has 0 saturated heterocycles. The van der Waals surface area contributed by atoms with Crippen molar-refractivity contribution in [1.29, 1.82) is 0 Å². The van der Waals surface area contributed by atoms with Gasteiger partial charge >= 0.3 is 6.18 Å². The van der Waals surface area contributed by atoms with Crippen LogP contribution in [0.25, 0.3) is 0 Å². The lowest BCUT2D eigenvalue weighted by atomic mass is 10.1. The van der Waals surface area contributed by atoms with E-state index in [9.17, 15) is 13.2 Å². The van der Waals surface area contributed by atoms with Crippen molar-refractivity contribution in [3.63, 3.8) is 0 Å². The van der Waals surface area contributed by atoms with Crippen molar-refractivity contribution in [2.45, 2.75) is 13.1 Å². The summed E-state index contributed by atoms with van der Waals surface area (Å²) >= 11 is 0. The van der Waals surface area contributed by atoms with Gasteiger partial charge in [0.15, 0.2) is 0 Å². The second-order valence-electron chi connectivity index (χ2n) is 4.28. The van der Waals surface area contributed by atoms with Crippen LogP contribution in [0, 0.1) is 0 Å². The molecule has 18 heavy (non-hydrogen) atoms. The maximum absolute atomic E-state index is 12.4. The fourth-order valence-corrected chi connectivity index (χ4v) is 1.42. The Balaban J connectivity index is 2.79. The van der Waals surface area contributed by atoms with E-state index in [-0.39, 0.29) is 0 Å². The molecule has 1 aromatic carbocycles. The van der Waals surface area contributed by atoms with Gasteiger partial charge in [0, 0.05) is 19.3 Å². The van der Waals surface area contributed by atoms with Crippen LogP contribution in [-0.2, 0) is 6.18 Å². The molecule has 1 aromatic rings. The summed E-state index contributed by atoms with van der Waals surface area (Å²) in [6.07, 6.45) is -4.29. The van der Waals surface area contributed by atoms with Crippen molar-refractivity contribution in [1.82, 2.24) is 0 Å². The van der Waals surface area contributed by atoms with E-state index in [0.29, 0.717) is 12.2 Å². The van der Waals surface area contributed by atoms with Crippen LogP contribution in [0.1, 0.15) is 12.5 Å². The Morgan fingerprint density at radius 3 is 2.06 bits per heavy atom. The molecule has 0 radical (unpaired) electrons. The Hall–Kier alpha value is -1.71. The molecule has 4 heteroatoms. The quantitative estimate of drug-likeness (QED) is 0.726. The standard InChI is InChI=1S/C14H16F3N/c1-10(2)11(3)9-18(4)13-7-5-12(6-8-13)14(15,16)17/h5-8H,1,3,9H2,2,4H3. The third-order valence-corrected chi connectivity index (χ3v) is 2.67. The smallest absolute Gasteiger partial charge is 0.370 e. The number of benzene rings is 1. The van der Waals surface area contributed by atoms with E-state index in [1.165, 1.54) is 12.1 Å². The third kappa shape index (κ3) is 3.65. The molecule has 0 unspecified atom stereocenters. The molecule has 0 heterocycles. The number of halogens is 3. The fraction of sp³-hybridized carbons (Fsp3) is 0.286. The predicted molar refractivity (Wildman–Crippen MR) is 68.7 cm³/mol. The summed E-state index contributed by atoms with van der Waals surface area (Å²) in [7, 11) is 1.80. The second-order valence-corrected chi connectivity index (χ2v) is 4.28. The highest BCUT2D eigenvalue weighted by molar-refractivity contribution is 5.49. The van der Waals surface area contributed by atoms with Crippen molar-refractivity contribution in [2.24, 2.45) is 0 Å². The van der Waals surface area contributed by atoms with Gasteiger partial charge in [0.25, 0.3) is 0 Å². The van der Waals surface area contributed by atoms with Crippen molar-refractivity contribution < 1.29 is 13.2 Å². The molecule has 0 saturated carbocycles. The van der Waals surface area contributed by atoms with Gasteiger partial charge in [-0.1, -0.05) is 18.7 Å². The first kappa shape index (κ1) is 14.4. The van der Waals surface area contributed by atoms with E-state index in [0.717, 1.165) is 23.3 Å². The molecular weight excluding hydrogens is 239 g/mol. The molecule has 0 aromatic heterocycles. The number of rotatable bonds is 4. The van der Waals surface area contributed by atoms with Gasteiger partial charge in [-0.25, -0.2) is 0 Å². The normalized spacial score (nSPS) is 11.2. The average molecular weight is 255 g/mol. The number of nitrogens with zero attached hydrogens (tertiary/aromatic N) is 1. The highest BCUT2D eigenvalue weighted by atomic mass is 19.4. The SMILES string of the molecule is C=C(C)C(=C)CN(C)c1ccc(C(F)(F)F)cc1. The number of anilines is 1. The van der Waals surface area contributed by atoms with Gasteiger partial charge in [-0.2, -0.15) is 13.2 Å². The van der Waals surface area contributed by atoms with Crippen LogP contribution in [0.15, 0.2) is 48.6 Å². The summed E-state index contributed by atoms with van der Waals surface area (Å²) in [4.78, 5) is 1.83. The Morgan fingerprint density at radius 1 is 1.17 bits per heavy atom. The Morgan fingerprint density at radius 2 is 1.67 bits per heavy atom. The molecule has 0 atom stereocenters. The lowest BCUT2D eigenvalue weighted by Gasteiger charge is -2.21. The van der Waals surface area contributed by atoms with Crippen LogP contribution in [0.2, 0.25) is 0 Å². The van der Waals surface area contributed by atoms with E-state index in [1.54, 1.807) is 7.05 Å². The monoisotopic (exact) mass is 255 g/mol. The minimum atomic E-state index is -4.29. The number of hydrogen-bond donors (Lipinski definition) is 0. The number of alkyl halides is 3. The van der Waals surface area contributed by atoms with Crippen LogP contribution in [0.3, 0.4) is 0 Å². The van der Waals surface area contributed by atoms with E-state index >= 15 is 0 Å². The molecule has 1 nitrogen and oxygen atoms in total. The molecule has 0 fully saturated rings. The molecule has 0 aliphatic heterocycles. The fourth-order valence-electron chi connectivity index (χ4n) is 1.42. The third-order valence-electron chi connectivity index (χ3n) is 2.67. The average Bonchev–Trinajstić information content (AvgIpc) is 2.27. The first-order valence-electron chi connectivity index (χ1n) is 5.44.